The van der Waals surface area contributed by atoms with Crippen LogP contribution in [0.5, 0.6) is 0 Å². The number of nitrogens with zero attached hydrogens (tertiary/aromatic N) is 2. The fourth-order valence-electron chi connectivity index (χ4n) is 4.03. The Balaban J connectivity index is 2.57. The summed E-state index contributed by atoms with van der Waals surface area (Å²) < 4.78 is 6.90. The van der Waals surface area contributed by atoms with Gasteiger partial charge in [-0.05, 0) is 38.9 Å². The van der Waals surface area contributed by atoms with Gasteiger partial charge in [-0.15, -0.1) is 0 Å². The summed E-state index contributed by atoms with van der Waals surface area (Å²) in [5.74, 6) is 0.516. The van der Waals surface area contributed by atoms with Crippen LogP contribution < -0.4 is 16.1 Å². The Morgan fingerprint density at radius 1 is 1.21 bits per heavy atom. The number of fused-ring (bicyclic) bond motifs is 1. The maximum absolute atomic E-state index is 13.4. The average Bonchev–Trinajstić information content (AvgIpc) is 2.64. The summed E-state index contributed by atoms with van der Waals surface area (Å²) >= 11 is 0. The van der Waals surface area contributed by atoms with Gasteiger partial charge < -0.3 is 10.1 Å². The number of rotatable bonds is 6. The Hall–Kier alpha value is -2.15. The molecule has 2 aromatic rings. The largest absolute Gasteiger partial charge is 0.444 e. The standard InChI is InChI=1S/C22H35N3O3Si/c1-9-29(10-2,11-3)17-14-12-13-16-18(17)20(26)25(8)19(24-16)15(4)23-21(27)28-22(5,6)7/h12-15H,9-11H2,1-8H3,(H,23,27)/t15-/m0/s1. The molecule has 1 heterocycles. The number of carbonyl (C=O) groups excluding carboxylic acids is 1. The summed E-state index contributed by atoms with van der Waals surface area (Å²) in [6, 6.07) is 8.85. The molecule has 0 bridgehead atoms. The molecular formula is C22H35N3O3Si. The van der Waals surface area contributed by atoms with Gasteiger partial charge in [-0.25, -0.2) is 9.78 Å². The lowest BCUT2D eigenvalue weighted by Crippen LogP contribution is -2.48. The molecule has 1 amide bonds. The lowest BCUT2D eigenvalue weighted by molar-refractivity contribution is 0.0505. The topological polar surface area (TPSA) is 73.2 Å². The van der Waals surface area contributed by atoms with Crippen LogP contribution in [-0.2, 0) is 11.8 Å². The van der Waals surface area contributed by atoms with Crippen molar-refractivity contribution in [1.82, 2.24) is 14.9 Å². The van der Waals surface area contributed by atoms with E-state index >= 15 is 0 Å². The number of ether oxygens (including phenoxy) is 1. The van der Waals surface area contributed by atoms with Crippen LogP contribution in [0.15, 0.2) is 23.0 Å². The van der Waals surface area contributed by atoms with Gasteiger partial charge in [0, 0.05) is 7.05 Å². The predicted molar refractivity (Wildman–Crippen MR) is 122 cm³/mol. The van der Waals surface area contributed by atoms with E-state index in [9.17, 15) is 9.59 Å². The second-order valence-corrected chi connectivity index (χ2v) is 14.0. The lowest BCUT2D eigenvalue weighted by Gasteiger charge is -2.30. The summed E-state index contributed by atoms with van der Waals surface area (Å²) in [6.45, 7) is 14.0. The molecule has 1 atom stereocenters. The highest BCUT2D eigenvalue weighted by molar-refractivity contribution is 6.93. The number of hydrogen-bond donors (Lipinski definition) is 1. The number of carbonyl (C=O) groups is 1. The van der Waals surface area contributed by atoms with E-state index < -0.39 is 25.8 Å². The van der Waals surface area contributed by atoms with Crippen molar-refractivity contribution in [2.24, 2.45) is 7.05 Å². The van der Waals surface area contributed by atoms with Gasteiger partial charge in [-0.2, -0.15) is 0 Å². The Kier molecular flexibility index (Phi) is 6.93. The highest BCUT2D eigenvalue weighted by atomic mass is 28.3. The first-order valence-electron chi connectivity index (χ1n) is 10.5. The van der Waals surface area contributed by atoms with Crippen molar-refractivity contribution in [3.63, 3.8) is 0 Å². The van der Waals surface area contributed by atoms with Gasteiger partial charge in [0.2, 0.25) is 0 Å². The van der Waals surface area contributed by atoms with E-state index in [0.717, 1.165) is 23.5 Å². The number of nitrogens with one attached hydrogen (secondary N) is 1. The zero-order valence-electron chi connectivity index (χ0n) is 19.0. The fraction of sp³-hybridized carbons (Fsp3) is 0.591. The lowest BCUT2D eigenvalue weighted by atomic mass is 10.2. The zero-order valence-corrected chi connectivity index (χ0v) is 20.0. The summed E-state index contributed by atoms with van der Waals surface area (Å²) in [5, 5.41) is 4.73. The summed E-state index contributed by atoms with van der Waals surface area (Å²) in [5.41, 5.74) is 0.0619. The van der Waals surface area contributed by atoms with Crippen LogP contribution in [0.2, 0.25) is 18.1 Å². The summed E-state index contributed by atoms with van der Waals surface area (Å²) in [7, 11) is -0.0294. The number of hydrogen-bond acceptors (Lipinski definition) is 4. The third-order valence-electron chi connectivity index (χ3n) is 5.86. The van der Waals surface area contributed by atoms with Crippen molar-refractivity contribution < 1.29 is 9.53 Å². The molecule has 29 heavy (non-hydrogen) atoms. The minimum atomic E-state index is -1.75. The van der Waals surface area contributed by atoms with E-state index in [1.807, 2.05) is 39.8 Å². The van der Waals surface area contributed by atoms with Gasteiger partial charge in [0.15, 0.2) is 0 Å². The molecule has 7 heteroatoms. The molecule has 0 aliphatic rings. The van der Waals surface area contributed by atoms with Gasteiger partial charge in [0.1, 0.15) is 11.4 Å². The van der Waals surface area contributed by atoms with Crippen LogP contribution in [0.1, 0.15) is 60.3 Å². The van der Waals surface area contributed by atoms with E-state index in [1.54, 1.807) is 11.6 Å². The number of alkyl carbamates (subject to hydrolysis) is 1. The fourth-order valence-corrected chi connectivity index (χ4v) is 7.89. The van der Waals surface area contributed by atoms with Gasteiger partial charge >= 0.3 is 6.09 Å². The maximum Gasteiger partial charge on any atom is 0.408 e. The van der Waals surface area contributed by atoms with Crippen molar-refractivity contribution >= 4 is 30.3 Å². The SMILES string of the molecule is CC[Si](CC)(CC)c1cccc2nc([C@H](C)NC(=O)OC(C)(C)C)n(C)c(=O)c12. The molecule has 0 aliphatic carbocycles. The molecule has 1 N–H and O–H groups in total. The zero-order chi connectivity index (χ0) is 22.0. The van der Waals surface area contributed by atoms with Crippen molar-refractivity contribution in [3.05, 3.63) is 34.4 Å². The van der Waals surface area contributed by atoms with Crippen LogP contribution in [0, 0.1) is 0 Å². The predicted octanol–water partition coefficient (Wildman–Crippen LogP) is 4.23. The Labute approximate surface area is 174 Å². The molecule has 160 valence electrons. The molecule has 0 spiro atoms. The van der Waals surface area contributed by atoms with E-state index in [2.05, 4.69) is 32.2 Å². The first-order valence-corrected chi connectivity index (χ1v) is 13.1. The van der Waals surface area contributed by atoms with Gasteiger partial charge in [-0.1, -0.05) is 51.0 Å². The monoisotopic (exact) mass is 417 g/mol. The second-order valence-electron chi connectivity index (χ2n) is 8.74. The van der Waals surface area contributed by atoms with Crippen LogP contribution in [0.3, 0.4) is 0 Å². The minimum absolute atomic E-state index is 0.0503. The summed E-state index contributed by atoms with van der Waals surface area (Å²) in [4.78, 5) is 30.3. The minimum Gasteiger partial charge on any atom is -0.444 e. The molecule has 6 nitrogen and oxygen atoms in total. The first-order chi connectivity index (χ1) is 13.5. The molecule has 0 aliphatic heterocycles. The number of benzene rings is 1. The first kappa shape index (κ1) is 23.1. The van der Waals surface area contributed by atoms with E-state index in [4.69, 9.17) is 9.72 Å². The molecular weight excluding hydrogens is 382 g/mol. The second kappa shape index (κ2) is 8.69. The van der Waals surface area contributed by atoms with Crippen molar-refractivity contribution in [1.29, 1.82) is 0 Å². The molecule has 0 saturated carbocycles. The third kappa shape index (κ3) is 4.71. The average molecular weight is 418 g/mol. The highest BCUT2D eigenvalue weighted by Crippen LogP contribution is 2.23. The molecule has 0 fully saturated rings. The molecule has 0 saturated heterocycles. The Bertz CT molecular complexity index is 934. The van der Waals surface area contributed by atoms with Crippen LogP contribution in [0.25, 0.3) is 10.9 Å². The van der Waals surface area contributed by atoms with Gasteiger partial charge in [0.05, 0.1) is 25.0 Å². The van der Waals surface area contributed by atoms with E-state index in [-0.39, 0.29) is 5.56 Å². The maximum atomic E-state index is 13.4. The number of amides is 1. The van der Waals surface area contributed by atoms with Gasteiger partial charge in [-0.3, -0.25) is 9.36 Å². The highest BCUT2D eigenvalue weighted by Gasteiger charge is 2.32. The van der Waals surface area contributed by atoms with Crippen LogP contribution >= 0.6 is 0 Å². The normalized spacial score (nSPS) is 13.4. The molecule has 1 aromatic heterocycles. The van der Waals surface area contributed by atoms with E-state index in [0.29, 0.717) is 11.3 Å². The van der Waals surface area contributed by atoms with Gasteiger partial charge in [0.25, 0.3) is 5.56 Å². The van der Waals surface area contributed by atoms with Crippen molar-refractivity contribution in [3.8, 4) is 0 Å². The van der Waals surface area contributed by atoms with Crippen molar-refractivity contribution in [2.45, 2.75) is 78.2 Å². The summed E-state index contributed by atoms with van der Waals surface area (Å²) in [6.07, 6.45) is -0.525. The molecule has 1 aromatic carbocycles. The van der Waals surface area contributed by atoms with Crippen molar-refractivity contribution in [2.75, 3.05) is 0 Å². The smallest absolute Gasteiger partial charge is 0.408 e. The third-order valence-corrected chi connectivity index (χ3v) is 11.5. The number of aromatic nitrogens is 2. The molecule has 0 radical (unpaired) electrons. The Morgan fingerprint density at radius 2 is 1.79 bits per heavy atom. The quantitative estimate of drug-likeness (QED) is 0.714. The molecule has 2 rings (SSSR count). The Morgan fingerprint density at radius 3 is 2.31 bits per heavy atom. The molecule has 0 unspecified atom stereocenters. The van der Waals surface area contributed by atoms with Crippen LogP contribution in [0.4, 0.5) is 4.79 Å². The van der Waals surface area contributed by atoms with Crippen LogP contribution in [-0.4, -0.2) is 29.3 Å². The van der Waals surface area contributed by atoms with E-state index in [1.165, 1.54) is 5.19 Å².